The second-order valence-electron chi connectivity index (χ2n) is 3.68. The van der Waals surface area contributed by atoms with Gasteiger partial charge in [0.2, 0.25) is 0 Å². The lowest BCUT2D eigenvalue weighted by molar-refractivity contribution is 0.500. The predicted octanol–water partition coefficient (Wildman–Crippen LogP) is 1.52. The van der Waals surface area contributed by atoms with Crippen LogP contribution in [-0.4, -0.2) is 27.8 Å². The zero-order valence-electron chi connectivity index (χ0n) is 9.08. The van der Waals surface area contributed by atoms with E-state index < -0.39 is 0 Å². The van der Waals surface area contributed by atoms with Crippen molar-refractivity contribution in [3.8, 4) is 0 Å². The first-order chi connectivity index (χ1) is 6.83. The van der Waals surface area contributed by atoms with Crippen molar-refractivity contribution in [3.05, 3.63) is 12.2 Å². The van der Waals surface area contributed by atoms with Crippen LogP contribution < -0.4 is 5.32 Å². The van der Waals surface area contributed by atoms with Crippen molar-refractivity contribution in [2.24, 2.45) is 0 Å². The molecule has 1 aromatic heterocycles. The lowest BCUT2D eigenvalue weighted by Crippen LogP contribution is -2.27. The minimum atomic E-state index is 0.634. The molecule has 0 aliphatic heterocycles. The van der Waals surface area contributed by atoms with Crippen LogP contribution >= 0.6 is 0 Å². The molecular formula is C10H20N4. The van der Waals surface area contributed by atoms with Crippen molar-refractivity contribution in [3.63, 3.8) is 0 Å². The summed E-state index contributed by atoms with van der Waals surface area (Å²) >= 11 is 0. The Morgan fingerprint density at radius 3 is 3.07 bits per heavy atom. The van der Waals surface area contributed by atoms with Gasteiger partial charge in [-0.05, 0) is 26.3 Å². The SMILES string of the molecule is CCCC(C)NCCCc1ncn[nH]1. The molecule has 1 rings (SSSR count). The monoisotopic (exact) mass is 196 g/mol. The summed E-state index contributed by atoms with van der Waals surface area (Å²) in [5, 5.41) is 10.2. The van der Waals surface area contributed by atoms with Crippen LogP contribution in [0.15, 0.2) is 6.33 Å². The Morgan fingerprint density at radius 1 is 1.57 bits per heavy atom. The molecule has 0 saturated heterocycles. The van der Waals surface area contributed by atoms with Crippen molar-refractivity contribution < 1.29 is 0 Å². The van der Waals surface area contributed by atoms with E-state index in [4.69, 9.17) is 0 Å². The molecule has 4 nitrogen and oxygen atoms in total. The third-order valence-corrected chi connectivity index (χ3v) is 2.27. The Morgan fingerprint density at radius 2 is 2.43 bits per heavy atom. The molecule has 0 saturated carbocycles. The fourth-order valence-corrected chi connectivity index (χ4v) is 1.49. The van der Waals surface area contributed by atoms with Crippen molar-refractivity contribution in [1.82, 2.24) is 20.5 Å². The minimum absolute atomic E-state index is 0.634. The summed E-state index contributed by atoms with van der Waals surface area (Å²) in [4.78, 5) is 4.07. The van der Waals surface area contributed by atoms with E-state index in [1.165, 1.54) is 12.8 Å². The van der Waals surface area contributed by atoms with Crippen molar-refractivity contribution in [2.75, 3.05) is 6.54 Å². The van der Waals surface area contributed by atoms with Gasteiger partial charge in [-0.25, -0.2) is 4.98 Å². The van der Waals surface area contributed by atoms with E-state index in [0.717, 1.165) is 25.2 Å². The number of aryl methyl sites for hydroxylation is 1. The molecule has 0 amide bonds. The Kier molecular flexibility index (Phi) is 5.22. The predicted molar refractivity (Wildman–Crippen MR) is 57.1 cm³/mol. The summed E-state index contributed by atoms with van der Waals surface area (Å²) in [5.41, 5.74) is 0. The first kappa shape index (κ1) is 11.2. The van der Waals surface area contributed by atoms with Gasteiger partial charge in [0.1, 0.15) is 12.2 Å². The van der Waals surface area contributed by atoms with Gasteiger partial charge >= 0.3 is 0 Å². The smallest absolute Gasteiger partial charge is 0.137 e. The number of hydrogen-bond acceptors (Lipinski definition) is 3. The minimum Gasteiger partial charge on any atom is -0.314 e. The van der Waals surface area contributed by atoms with Crippen molar-refractivity contribution in [2.45, 2.75) is 45.6 Å². The number of aromatic amines is 1. The molecule has 1 heterocycles. The van der Waals surface area contributed by atoms with E-state index in [1.54, 1.807) is 6.33 Å². The first-order valence-corrected chi connectivity index (χ1v) is 5.40. The van der Waals surface area contributed by atoms with Crippen LogP contribution in [0.4, 0.5) is 0 Å². The van der Waals surface area contributed by atoms with Crippen molar-refractivity contribution >= 4 is 0 Å². The van der Waals surface area contributed by atoms with E-state index in [0.29, 0.717) is 6.04 Å². The van der Waals surface area contributed by atoms with E-state index in [1.807, 2.05) is 0 Å². The molecule has 0 aliphatic carbocycles. The highest BCUT2D eigenvalue weighted by Crippen LogP contribution is 1.96. The number of nitrogens with one attached hydrogen (secondary N) is 2. The van der Waals surface area contributed by atoms with Crippen molar-refractivity contribution in [1.29, 1.82) is 0 Å². The average molecular weight is 196 g/mol. The molecule has 1 unspecified atom stereocenters. The van der Waals surface area contributed by atoms with Crippen LogP contribution in [-0.2, 0) is 6.42 Å². The summed E-state index contributed by atoms with van der Waals surface area (Å²) in [6, 6.07) is 0.634. The Hall–Kier alpha value is -0.900. The summed E-state index contributed by atoms with van der Waals surface area (Å²) in [5.74, 6) is 0.981. The van der Waals surface area contributed by atoms with Crippen LogP contribution in [0.5, 0.6) is 0 Å². The molecule has 2 N–H and O–H groups in total. The van der Waals surface area contributed by atoms with Gasteiger partial charge < -0.3 is 5.32 Å². The number of H-pyrrole nitrogens is 1. The summed E-state index contributed by atoms with van der Waals surface area (Å²) in [7, 11) is 0. The molecule has 0 fully saturated rings. The molecule has 0 radical (unpaired) electrons. The lowest BCUT2D eigenvalue weighted by atomic mass is 10.2. The first-order valence-electron chi connectivity index (χ1n) is 5.40. The van der Waals surface area contributed by atoms with Gasteiger partial charge in [0.15, 0.2) is 0 Å². The summed E-state index contributed by atoms with van der Waals surface area (Å²) in [6.45, 7) is 5.51. The highest BCUT2D eigenvalue weighted by atomic mass is 15.2. The normalized spacial score (nSPS) is 13.0. The lowest BCUT2D eigenvalue weighted by Gasteiger charge is -2.11. The van der Waals surface area contributed by atoms with E-state index in [9.17, 15) is 0 Å². The quantitative estimate of drug-likeness (QED) is 0.650. The maximum absolute atomic E-state index is 4.07. The zero-order valence-corrected chi connectivity index (χ0v) is 9.08. The summed E-state index contributed by atoms with van der Waals surface area (Å²) in [6.07, 6.45) is 6.15. The average Bonchev–Trinajstić information content (AvgIpc) is 2.65. The number of aromatic nitrogens is 3. The topological polar surface area (TPSA) is 53.6 Å². The molecule has 80 valence electrons. The molecule has 1 atom stereocenters. The highest BCUT2D eigenvalue weighted by molar-refractivity contribution is 4.79. The van der Waals surface area contributed by atoms with Gasteiger partial charge in [0.25, 0.3) is 0 Å². The molecule has 14 heavy (non-hydrogen) atoms. The molecule has 0 aromatic carbocycles. The number of rotatable bonds is 7. The van der Waals surface area contributed by atoms with Crippen LogP contribution in [0.25, 0.3) is 0 Å². The van der Waals surface area contributed by atoms with Crippen LogP contribution in [0.2, 0.25) is 0 Å². The number of nitrogens with zero attached hydrogens (tertiary/aromatic N) is 2. The zero-order chi connectivity index (χ0) is 10.2. The Labute approximate surface area is 85.5 Å². The van der Waals surface area contributed by atoms with E-state index >= 15 is 0 Å². The van der Waals surface area contributed by atoms with Crippen LogP contribution in [0.3, 0.4) is 0 Å². The third-order valence-electron chi connectivity index (χ3n) is 2.27. The van der Waals surface area contributed by atoms with Gasteiger partial charge in [-0.15, -0.1) is 0 Å². The molecular weight excluding hydrogens is 176 g/mol. The van der Waals surface area contributed by atoms with Gasteiger partial charge in [-0.2, -0.15) is 5.10 Å². The van der Waals surface area contributed by atoms with Gasteiger partial charge in [-0.3, -0.25) is 5.10 Å². The maximum Gasteiger partial charge on any atom is 0.137 e. The van der Waals surface area contributed by atoms with Gasteiger partial charge in [-0.1, -0.05) is 13.3 Å². The molecule has 0 spiro atoms. The molecule has 4 heteroatoms. The fourth-order valence-electron chi connectivity index (χ4n) is 1.49. The Bertz CT molecular complexity index is 220. The standard InChI is InChI=1S/C10H20N4/c1-3-5-9(2)11-7-4-6-10-12-8-13-14-10/h8-9,11H,3-7H2,1-2H3,(H,12,13,14). The van der Waals surface area contributed by atoms with Crippen LogP contribution in [0, 0.1) is 0 Å². The van der Waals surface area contributed by atoms with E-state index in [-0.39, 0.29) is 0 Å². The summed E-state index contributed by atoms with van der Waals surface area (Å²) < 4.78 is 0. The fraction of sp³-hybridized carbons (Fsp3) is 0.800. The molecule has 0 bridgehead atoms. The second-order valence-corrected chi connectivity index (χ2v) is 3.68. The third kappa shape index (κ3) is 4.37. The highest BCUT2D eigenvalue weighted by Gasteiger charge is 1.99. The maximum atomic E-state index is 4.07. The second kappa shape index (κ2) is 6.54. The largest absolute Gasteiger partial charge is 0.314 e. The molecule has 0 aliphatic rings. The van der Waals surface area contributed by atoms with Gasteiger partial charge in [0, 0.05) is 12.5 Å². The van der Waals surface area contributed by atoms with E-state index in [2.05, 4.69) is 34.3 Å². The van der Waals surface area contributed by atoms with Gasteiger partial charge in [0.05, 0.1) is 0 Å². The molecule has 1 aromatic rings. The van der Waals surface area contributed by atoms with Crippen LogP contribution in [0.1, 0.15) is 38.9 Å². The number of hydrogen-bond donors (Lipinski definition) is 2. The Balaban J connectivity index is 1.99.